The van der Waals surface area contributed by atoms with Gasteiger partial charge in [-0.2, -0.15) is 0 Å². The quantitative estimate of drug-likeness (QED) is 0.487. The lowest BCUT2D eigenvalue weighted by Gasteiger charge is -2.11. The number of urea groups is 1. The van der Waals surface area contributed by atoms with Crippen molar-refractivity contribution in [1.82, 2.24) is 5.32 Å². The fourth-order valence-electron chi connectivity index (χ4n) is 2.60. The van der Waals surface area contributed by atoms with Gasteiger partial charge in [0.25, 0.3) is 5.91 Å². The number of halogens is 1. The van der Waals surface area contributed by atoms with Crippen LogP contribution in [0.2, 0.25) is 5.02 Å². The van der Waals surface area contributed by atoms with Gasteiger partial charge in [0.05, 0.1) is 5.69 Å². The van der Waals surface area contributed by atoms with E-state index in [2.05, 4.69) is 5.32 Å². The molecule has 0 unspecified atom stereocenters. The van der Waals surface area contributed by atoms with Crippen molar-refractivity contribution >= 4 is 47.1 Å². The van der Waals surface area contributed by atoms with Crippen molar-refractivity contribution in [3.63, 3.8) is 0 Å². The maximum Gasteiger partial charge on any atom is 0.333 e. The summed E-state index contributed by atoms with van der Waals surface area (Å²) in [5.74, 6) is 0.0148. The maximum absolute atomic E-state index is 12.6. The summed E-state index contributed by atoms with van der Waals surface area (Å²) in [7, 11) is 0. The minimum Gasteiger partial charge on any atom is -0.450 e. The van der Waals surface area contributed by atoms with E-state index < -0.39 is 11.9 Å². The number of carbonyl (C=O) groups is 2. The Morgan fingerprint density at radius 1 is 1.00 bits per heavy atom. The molecule has 134 valence electrons. The second-order valence-corrected chi connectivity index (χ2v) is 7.19. The summed E-state index contributed by atoms with van der Waals surface area (Å²) in [5, 5.41) is 3.70. The van der Waals surface area contributed by atoms with Gasteiger partial charge in [0.2, 0.25) is 0 Å². The number of anilines is 1. The van der Waals surface area contributed by atoms with E-state index in [1.165, 1.54) is 17.8 Å². The Morgan fingerprint density at radius 2 is 1.81 bits per heavy atom. The van der Waals surface area contributed by atoms with E-state index in [4.69, 9.17) is 16.0 Å². The van der Waals surface area contributed by atoms with Crippen LogP contribution < -0.4 is 10.2 Å². The second kappa shape index (κ2) is 7.34. The fourth-order valence-corrected chi connectivity index (χ4v) is 3.58. The molecule has 4 rings (SSSR count). The molecule has 0 atom stereocenters. The molecule has 0 radical (unpaired) electrons. The molecule has 0 saturated carbocycles. The van der Waals surface area contributed by atoms with Crippen LogP contribution >= 0.6 is 23.4 Å². The van der Waals surface area contributed by atoms with Crippen molar-refractivity contribution < 1.29 is 14.0 Å². The number of carbonyl (C=O) groups excluding carboxylic acids is 2. The Labute approximate surface area is 164 Å². The lowest BCUT2D eigenvalue weighted by atomic mass is 10.3. The summed E-state index contributed by atoms with van der Waals surface area (Å²) in [6.07, 6.45) is 1.51. The lowest BCUT2D eigenvalue weighted by molar-refractivity contribution is -0.113. The summed E-state index contributed by atoms with van der Waals surface area (Å²) < 4.78 is 5.74. The standard InChI is InChI=1S/C20H13ClN2O3S/c21-13-5-4-6-14(11-13)23-19(24)17(22-20(23)25)12-15-9-10-18(26-15)27-16-7-2-1-3-8-16/h1-12H,(H,22,25). The van der Waals surface area contributed by atoms with Gasteiger partial charge in [-0.05, 0) is 42.5 Å². The van der Waals surface area contributed by atoms with Crippen LogP contribution in [0.25, 0.3) is 6.08 Å². The number of benzene rings is 2. The van der Waals surface area contributed by atoms with E-state index in [0.29, 0.717) is 21.6 Å². The monoisotopic (exact) mass is 396 g/mol. The van der Waals surface area contributed by atoms with Crippen LogP contribution in [-0.4, -0.2) is 11.9 Å². The molecular weight excluding hydrogens is 384 g/mol. The summed E-state index contributed by atoms with van der Waals surface area (Å²) >= 11 is 7.43. The average Bonchev–Trinajstić information content (AvgIpc) is 3.20. The molecule has 1 aliphatic rings. The van der Waals surface area contributed by atoms with Crippen LogP contribution in [0.3, 0.4) is 0 Å². The predicted molar refractivity (Wildman–Crippen MR) is 105 cm³/mol. The molecular formula is C20H13ClN2O3S. The van der Waals surface area contributed by atoms with Crippen LogP contribution in [-0.2, 0) is 4.79 Å². The van der Waals surface area contributed by atoms with Gasteiger partial charge in [0.1, 0.15) is 11.5 Å². The van der Waals surface area contributed by atoms with Crippen molar-refractivity contribution in [3.8, 4) is 0 Å². The molecule has 1 N–H and O–H groups in total. The predicted octanol–water partition coefficient (Wildman–Crippen LogP) is 5.18. The van der Waals surface area contributed by atoms with Gasteiger partial charge >= 0.3 is 6.03 Å². The zero-order valence-electron chi connectivity index (χ0n) is 13.9. The van der Waals surface area contributed by atoms with Crippen molar-refractivity contribution in [1.29, 1.82) is 0 Å². The van der Waals surface area contributed by atoms with Crippen molar-refractivity contribution in [3.05, 3.63) is 83.2 Å². The average molecular weight is 397 g/mol. The largest absolute Gasteiger partial charge is 0.450 e. The zero-order valence-corrected chi connectivity index (χ0v) is 15.5. The first-order chi connectivity index (χ1) is 13.1. The Kier molecular flexibility index (Phi) is 4.75. The molecule has 5 nitrogen and oxygen atoms in total. The minimum absolute atomic E-state index is 0.144. The number of amides is 3. The van der Waals surface area contributed by atoms with Gasteiger partial charge in [-0.3, -0.25) is 4.79 Å². The van der Waals surface area contributed by atoms with Gasteiger partial charge in [0.15, 0.2) is 5.09 Å². The summed E-state index contributed by atoms with van der Waals surface area (Å²) in [5.41, 5.74) is 0.554. The van der Waals surface area contributed by atoms with Crippen LogP contribution in [0.4, 0.5) is 10.5 Å². The molecule has 3 aromatic rings. The van der Waals surface area contributed by atoms with Crippen molar-refractivity contribution in [2.24, 2.45) is 0 Å². The van der Waals surface area contributed by atoms with Crippen LogP contribution in [0.15, 0.2) is 86.8 Å². The number of furan rings is 1. The van der Waals surface area contributed by atoms with E-state index in [1.54, 1.807) is 30.3 Å². The van der Waals surface area contributed by atoms with Gasteiger partial charge in [-0.25, -0.2) is 9.69 Å². The van der Waals surface area contributed by atoms with E-state index in [0.717, 1.165) is 9.80 Å². The first-order valence-electron chi connectivity index (χ1n) is 8.05. The highest BCUT2D eigenvalue weighted by Gasteiger charge is 2.35. The Balaban J connectivity index is 1.55. The summed E-state index contributed by atoms with van der Waals surface area (Å²) in [6.45, 7) is 0. The molecule has 2 aromatic carbocycles. The highest BCUT2D eigenvalue weighted by Crippen LogP contribution is 2.30. The third-order valence-electron chi connectivity index (χ3n) is 3.79. The molecule has 1 aromatic heterocycles. The van der Waals surface area contributed by atoms with Gasteiger partial charge in [0, 0.05) is 16.0 Å². The number of hydrogen-bond acceptors (Lipinski definition) is 4. The zero-order chi connectivity index (χ0) is 18.8. The Hall–Kier alpha value is -2.96. The maximum atomic E-state index is 12.6. The van der Waals surface area contributed by atoms with Crippen LogP contribution in [0, 0.1) is 0 Å². The van der Waals surface area contributed by atoms with Crippen LogP contribution in [0.5, 0.6) is 0 Å². The Morgan fingerprint density at radius 3 is 2.59 bits per heavy atom. The number of nitrogens with one attached hydrogen (secondary N) is 1. The first-order valence-corrected chi connectivity index (χ1v) is 9.25. The summed E-state index contributed by atoms with van der Waals surface area (Å²) in [4.78, 5) is 26.9. The summed E-state index contributed by atoms with van der Waals surface area (Å²) in [6, 6.07) is 19.4. The van der Waals surface area contributed by atoms with Crippen LogP contribution in [0.1, 0.15) is 5.76 Å². The van der Waals surface area contributed by atoms with Gasteiger partial charge in [-0.15, -0.1) is 0 Å². The number of nitrogens with zero attached hydrogens (tertiary/aromatic N) is 1. The Bertz CT molecular complexity index is 1050. The molecule has 1 saturated heterocycles. The molecule has 0 spiro atoms. The van der Waals surface area contributed by atoms with Crippen molar-refractivity contribution in [2.45, 2.75) is 9.99 Å². The van der Waals surface area contributed by atoms with Gasteiger partial charge < -0.3 is 9.73 Å². The fraction of sp³-hybridized carbons (Fsp3) is 0. The highest BCUT2D eigenvalue weighted by molar-refractivity contribution is 7.99. The smallest absolute Gasteiger partial charge is 0.333 e. The van der Waals surface area contributed by atoms with Crippen molar-refractivity contribution in [2.75, 3.05) is 4.90 Å². The van der Waals surface area contributed by atoms with E-state index in [9.17, 15) is 9.59 Å². The SMILES string of the molecule is O=C1NC(=Cc2ccc(Sc3ccccc3)o2)C(=O)N1c1cccc(Cl)c1. The molecule has 0 aliphatic carbocycles. The second-order valence-electron chi connectivity index (χ2n) is 5.68. The van der Waals surface area contributed by atoms with E-state index in [1.807, 2.05) is 36.4 Å². The third kappa shape index (κ3) is 3.77. The topological polar surface area (TPSA) is 62.6 Å². The van der Waals surface area contributed by atoms with E-state index >= 15 is 0 Å². The number of hydrogen-bond donors (Lipinski definition) is 1. The lowest BCUT2D eigenvalue weighted by Crippen LogP contribution is -2.30. The normalized spacial score (nSPS) is 15.4. The molecule has 1 fully saturated rings. The van der Waals surface area contributed by atoms with Gasteiger partial charge in [-0.1, -0.05) is 47.6 Å². The third-order valence-corrected chi connectivity index (χ3v) is 4.96. The first kappa shape index (κ1) is 17.5. The molecule has 27 heavy (non-hydrogen) atoms. The molecule has 3 amide bonds. The molecule has 7 heteroatoms. The van der Waals surface area contributed by atoms with E-state index in [-0.39, 0.29) is 5.70 Å². The molecule has 0 bridgehead atoms. The number of imide groups is 1. The number of rotatable bonds is 4. The molecule has 1 aliphatic heterocycles. The molecule has 2 heterocycles. The highest BCUT2D eigenvalue weighted by atomic mass is 35.5. The minimum atomic E-state index is -0.529.